The molecule has 0 atom stereocenters. The van der Waals surface area contributed by atoms with E-state index in [9.17, 15) is 26.9 Å². The Morgan fingerprint density at radius 1 is 1.20 bits per heavy atom. The summed E-state index contributed by atoms with van der Waals surface area (Å²) in [6, 6.07) is 8.92. The topological polar surface area (TPSA) is 105 Å². The fourth-order valence-corrected chi connectivity index (χ4v) is 4.33. The molecule has 1 aromatic heterocycles. The van der Waals surface area contributed by atoms with Crippen molar-refractivity contribution in [3.05, 3.63) is 65.0 Å². The molecule has 0 radical (unpaired) electrons. The van der Waals surface area contributed by atoms with Crippen molar-refractivity contribution < 1.29 is 26.3 Å². The van der Waals surface area contributed by atoms with Crippen molar-refractivity contribution in [1.29, 1.82) is 5.26 Å². The van der Waals surface area contributed by atoms with E-state index in [1.807, 2.05) is 6.07 Å². The molecule has 2 aromatic carbocycles. The largest absolute Gasteiger partial charge is 0.496 e. The van der Waals surface area contributed by atoms with Crippen LogP contribution in [-0.4, -0.2) is 24.9 Å². The van der Waals surface area contributed by atoms with Gasteiger partial charge < -0.3 is 4.74 Å². The van der Waals surface area contributed by atoms with Crippen LogP contribution in [0.15, 0.2) is 47.6 Å². The summed E-state index contributed by atoms with van der Waals surface area (Å²) in [6.45, 7) is 0. The Bertz CT molecular complexity index is 1200. The van der Waals surface area contributed by atoms with Gasteiger partial charge in [-0.1, -0.05) is 12.1 Å². The molecule has 12 heteroatoms. The third-order valence-corrected chi connectivity index (χ3v) is 6.14. The van der Waals surface area contributed by atoms with Crippen LogP contribution in [0, 0.1) is 11.3 Å². The van der Waals surface area contributed by atoms with Crippen LogP contribution in [0.2, 0.25) is 0 Å². The zero-order valence-corrected chi connectivity index (χ0v) is 16.9. The minimum Gasteiger partial charge on any atom is -0.496 e. The molecule has 1 heterocycles. The zero-order chi connectivity index (χ0) is 21.9. The molecule has 0 amide bonds. The summed E-state index contributed by atoms with van der Waals surface area (Å²) < 4.78 is 74.7. The number of methoxy groups -OCH3 is 1. The Balaban J connectivity index is 1.92. The first-order valence-electron chi connectivity index (χ1n) is 8.20. The fraction of sp³-hybridized carbons (Fsp3) is 0.167. The molecule has 3 rings (SSSR count). The van der Waals surface area contributed by atoms with Crippen molar-refractivity contribution in [2.45, 2.75) is 17.5 Å². The van der Waals surface area contributed by atoms with E-state index in [0.29, 0.717) is 11.1 Å². The lowest BCUT2D eigenvalue weighted by Crippen LogP contribution is -2.13. The average Bonchev–Trinajstić information content (AvgIpc) is 3.19. The van der Waals surface area contributed by atoms with Crippen molar-refractivity contribution in [2.75, 3.05) is 11.8 Å². The molecule has 3 aromatic rings. The number of halogens is 3. The number of ether oxygens (including phenoxy) is 1. The van der Waals surface area contributed by atoms with Gasteiger partial charge in [-0.2, -0.15) is 22.8 Å². The van der Waals surface area contributed by atoms with Crippen LogP contribution >= 0.6 is 11.5 Å². The molecule has 0 bridgehead atoms. The van der Waals surface area contributed by atoms with E-state index in [1.54, 1.807) is 0 Å². The number of anilines is 1. The third kappa shape index (κ3) is 4.69. The number of hydrogen-bond donors (Lipinski definition) is 1. The average molecular weight is 454 g/mol. The summed E-state index contributed by atoms with van der Waals surface area (Å²) in [6.07, 6.45) is -3.24. The second-order valence-corrected chi connectivity index (χ2v) is 8.45. The van der Waals surface area contributed by atoms with E-state index in [-0.39, 0.29) is 27.8 Å². The highest BCUT2D eigenvalue weighted by Crippen LogP contribution is 2.34. The molecule has 0 unspecified atom stereocenters. The molecule has 30 heavy (non-hydrogen) atoms. The Morgan fingerprint density at radius 2 is 1.93 bits per heavy atom. The van der Waals surface area contributed by atoms with Crippen molar-refractivity contribution in [1.82, 2.24) is 9.36 Å². The molecule has 0 aliphatic rings. The Hall–Kier alpha value is -3.17. The first-order valence-corrected chi connectivity index (χ1v) is 10.5. The molecular weight excluding hydrogens is 441 g/mol. The highest BCUT2D eigenvalue weighted by molar-refractivity contribution is 7.93. The summed E-state index contributed by atoms with van der Waals surface area (Å²) in [4.78, 5) is 3.59. The standard InChI is InChI=1S/C18H13F3N4O3S2/c1-28-16-8-14(18(19,20)21)4-2-12(16)6-11-3-5-15(7-13(11)9-22)30(26,27)25-17-23-10-24-29-17/h2-5,7-8,10H,6H2,1H3,(H,23,24,25). The number of benzene rings is 2. The molecule has 0 aliphatic heterocycles. The Morgan fingerprint density at radius 3 is 2.53 bits per heavy atom. The highest BCUT2D eigenvalue weighted by Gasteiger charge is 2.31. The van der Waals surface area contributed by atoms with Gasteiger partial charge >= 0.3 is 6.18 Å². The quantitative estimate of drug-likeness (QED) is 0.607. The number of alkyl halides is 3. The molecule has 0 spiro atoms. The van der Waals surface area contributed by atoms with E-state index >= 15 is 0 Å². The van der Waals surface area contributed by atoms with E-state index in [2.05, 4.69) is 14.1 Å². The minimum atomic E-state index is -4.51. The first-order chi connectivity index (χ1) is 14.1. The van der Waals surface area contributed by atoms with Gasteiger partial charge in [0.1, 0.15) is 12.1 Å². The summed E-state index contributed by atoms with van der Waals surface area (Å²) in [5.74, 6) is 0.0170. The van der Waals surface area contributed by atoms with Gasteiger partial charge in [-0.15, -0.1) is 0 Å². The summed E-state index contributed by atoms with van der Waals surface area (Å²) in [7, 11) is -2.73. The van der Waals surface area contributed by atoms with Crippen LogP contribution in [0.25, 0.3) is 0 Å². The maximum absolute atomic E-state index is 12.9. The predicted molar refractivity (Wildman–Crippen MR) is 103 cm³/mol. The molecule has 0 fully saturated rings. The number of rotatable bonds is 6. The van der Waals surface area contributed by atoms with Crippen LogP contribution < -0.4 is 9.46 Å². The number of hydrogen-bond acceptors (Lipinski definition) is 7. The Labute approximate surface area is 174 Å². The third-order valence-electron chi connectivity index (χ3n) is 4.09. The molecule has 0 aliphatic carbocycles. The number of aromatic nitrogens is 2. The van der Waals surface area contributed by atoms with Crippen LogP contribution in [0.3, 0.4) is 0 Å². The zero-order valence-electron chi connectivity index (χ0n) is 15.3. The van der Waals surface area contributed by atoms with Gasteiger partial charge in [-0.05, 0) is 35.4 Å². The smallest absolute Gasteiger partial charge is 0.416 e. The van der Waals surface area contributed by atoms with Crippen molar-refractivity contribution in [3.63, 3.8) is 0 Å². The van der Waals surface area contributed by atoms with E-state index in [4.69, 9.17) is 4.74 Å². The first kappa shape index (κ1) is 21.5. The van der Waals surface area contributed by atoms with Crippen LogP contribution in [0.4, 0.5) is 18.3 Å². The summed E-state index contributed by atoms with van der Waals surface area (Å²) >= 11 is 0.856. The van der Waals surface area contributed by atoms with Crippen LogP contribution in [0.1, 0.15) is 22.3 Å². The normalized spacial score (nSPS) is 11.7. The van der Waals surface area contributed by atoms with Crippen LogP contribution in [0.5, 0.6) is 5.75 Å². The molecular formula is C18H13F3N4O3S2. The number of nitriles is 1. The molecule has 156 valence electrons. The van der Waals surface area contributed by atoms with Gasteiger partial charge in [-0.3, -0.25) is 4.72 Å². The van der Waals surface area contributed by atoms with Gasteiger partial charge in [-0.25, -0.2) is 13.4 Å². The lowest BCUT2D eigenvalue weighted by atomic mass is 9.98. The van der Waals surface area contributed by atoms with E-state index < -0.39 is 21.8 Å². The van der Waals surface area contributed by atoms with Gasteiger partial charge in [0, 0.05) is 18.0 Å². The molecule has 7 nitrogen and oxygen atoms in total. The predicted octanol–water partition coefficient (Wildman–Crippen LogP) is 3.83. The lowest BCUT2D eigenvalue weighted by molar-refractivity contribution is -0.137. The minimum absolute atomic E-state index is 0.0170. The van der Waals surface area contributed by atoms with E-state index in [0.717, 1.165) is 23.7 Å². The maximum Gasteiger partial charge on any atom is 0.416 e. The molecule has 1 N–H and O–H groups in total. The monoisotopic (exact) mass is 454 g/mol. The van der Waals surface area contributed by atoms with Crippen LogP contribution in [-0.2, 0) is 22.6 Å². The lowest BCUT2D eigenvalue weighted by Gasteiger charge is -2.14. The van der Waals surface area contributed by atoms with E-state index in [1.165, 1.54) is 37.7 Å². The summed E-state index contributed by atoms with van der Waals surface area (Å²) in [5, 5.41) is 9.53. The number of nitrogens with one attached hydrogen (secondary N) is 1. The maximum atomic E-state index is 12.9. The second-order valence-electron chi connectivity index (χ2n) is 5.98. The highest BCUT2D eigenvalue weighted by atomic mass is 32.2. The van der Waals surface area contributed by atoms with Crippen molar-refractivity contribution >= 4 is 26.7 Å². The molecule has 0 saturated heterocycles. The summed E-state index contributed by atoms with van der Waals surface area (Å²) in [5.41, 5.74) is 0.0694. The van der Waals surface area contributed by atoms with Gasteiger partial charge in [0.2, 0.25) is 5.13 Å². The molecule has 0 saturated carbocycles. The number of nitrogens with zero attached hydrogens (tertiary/aromatic N) is 3. The second kappa shape index (κ2) is 8.29. The SMILES string of the molecule is COc1cc(C(F)(F)F)ccc1Cc1ccc(S(=O)(=O)Nc2ncns2)cc1C#N. The van der Waals surface area contributed by atoms with Gasteiger partial charge in [0.15, 0.2) is 0 Å². The van der Waals surface area contributed by atoms with Crippen molar-refractivity contribution in [3.8, 4) is 11.8 Å². The number of sulfonamides is 1. The van der Waals surface area contributed by atoms with Gasteiger partial charge in [0.25, 0.3) is 10.0 Å². The van der Waals surface area contributed by atoms with Crippen molar-refractivity contribution in [2.24, 2.45) is 0 Å². The fourth-order valence-electron chi connectivity index (χ4n) is 2.64. The van der Waals surface area contributed by atoms with Gasteiger partial charge in [0.05, 0.1) is 29.2 Å². The Kier molecular flexibility index (Phi) is 5.95.